The molecule has 0 aliphatic rings. The molecule has 3 aromatic rings. The van der Waals surface area contributed by atoms with Crippen LogP contribution >= 0.6 is 15.9 Å². The Bertz CT molecular complexity index is 1030. The molecule has 2 aromatic carbocycles. The van der Waals surface area contributed by atoms with Gasteiger partial charge in [-0.25, -0.2) is 0 Å². The highest BCUT2D eigenvalue weighted by molar-refractivity contribution is 9.10. The van der Waals surface area contributed by atoms with E-state index in [2.05, 4.69) is 31.5 Å². The number of methoxy groups -OCH3 is 1. The molecule has 29 heavy (non-hydrogen) atoms. The number of nitrogens with one attached hydrogen (secondary N) is 3. The number of ether oxygens (including phenoxy) is 1. The van der Waals surface area contributed by atoms with Crippen molar-refractivity contribution in [2.24, 2.45) is 0 Å². The summed E-state index contributed by atoms with van der Waals surface area (Å²) in [7, 11) is 1.60. The molecule has 6 nitrogen and oxygen atoms in total. The number of carbonyl (C=O) groups is 2. The second-order valence-corrected chi connectivity index (χ2v) is 7.80. The Morgan fingerprint density at radius 3 is 2.62 bits per heavy atom. The minimum absolute atomic E-state index is 0.232. The number of carbonyl (C=O) groups excluding carboxylic acids is 2. The lowest BCUT2D eigenvalue weighted by Crippen LogP contribution is -2.47. The molecule has 152 valence electrons. The first-order valence-electron chi connectivity index (χ1n) is 9.35. The van der Waals surface area contributed by atoms with Crippen molar-refractivity contribution in [1.29, 1.82) is 0 Å². The lowest BCUT2D eigenvalue weighted by atomic mass is 10.0. The van der Waals surface area contributed by atoms with Crippen LogP contribution < -0.4 is 15.4 Å². The van der Waals surface area contributed by atoms with Gasteiger partial charge in [-0.2, -0.15) is 0 Å². The predicted octanol–water partition coefficient (Wildman–Crippen LogP) is 3.86. The summed E-state index contributed by atoms with van der Waals surface area (Å²) in [5, 5.41) is 6.82. The Morgan fingerprint density at radius 1 is 1.17 bits per heavy atom. The van der Waals surface area contributed by atoms with Crippen LogP contribution in [-0.2, 0) is 16.0 Å². The van der Waals surface area contributed by atoms with E-state index < -0.39 is 6.04 Å². The van der Waals surface area contributed by atoms with Crippen molar-refractivity contribution < 1.29 is 14.3 Å². The number of aromatic amines is 1. The summed E-state index contributed by atoms with van der Waals surface area (Å²) in [6, 6.07) is 12.7. The normalized spacial score (nSPS) is 13.0. The van der Waals surface area contributed by atoms with Crippen LogP contribution in [-0.4, -0.2) is 29.9 Å². The maximum absolute atomic E-state index is 13.0. The van der Waals surface area contributed by atoms with Gasteiger partial charge in [0.1, 0.15) is 11.8 Å². The van der Waals surface area contributed by atoms with Crippen molar-refractivity contribution in [3.05, 3.63) is 64.3 Å². The summed E-state index contributed by atoms with van der Waals surface area (Å²) in [5.41, 5.74) is 2.91. The molecule has 0 bridgehead atoms. The maximum atomic E-state index is 13.0. The summed E-state index contributed by atoms with van der Waals surface area (Å²) in [6.07, 6.45) is 2.28. The Kier molecular flexibility index (Phi) is 6.59. The van der Waals surface area contributed by atoms with Gasteiger partial charge in [-0.3, -0.25) is 9.59 Å². The van der Waals surface area contributed by atoms with Gasteiger partial charge >= 0.3 is 0 Å². The van der Waals surface area contributed by atoms with E-state index in [1.54, 1.807) is 7.11 Å². The topological polar surface area (TPSA) is 83.2 Å². The number of rotatable bonds is 7. The fourth-order valence-corrected chi connectivity index (χ4v) is 3.88. The van der Waals surface area contributed by atoms with Gasteiger partial charge in [-0.15, -0.1) is 0 Å². The first-order valence-corrected chi connectivity index (χ1v) is 10.1. The Labute approximate surface area is 178 Å². The molecule has 0 aliphatic heterocycles. The second-order valence-electron chi connectivity index (χ2n) is 6.94. The predicted molar refractivity (Wildman–Crippen MR) is 117 cm³/mol. The van der Waals surface area contributed by atoms with E-state index in [1.807, 2.05) is 55.6 Å². The second kappa shape index (κ2) is 9.13. The molecule has 3 rings (SSSR count). The number of aromatic nitrogens is 1. The van der Waals surface area contributed by atoms with E-state index in [9.17, 15) is 9.59 Å². The van der Waals surface area contributed by atoms with Crippen LogP contribution in [0.1, 0.15) is 31.0 Å². The SMILES string of the molecule is COc1ccc(C(C)NC(=O)C(Cc2c[nH]c3ccccc23)NC(C)=O)cc1Br. The Morgan fingerprint density at radius 2 is 1.93 bits per heavy atom. The van der Waals surface area contributed by atoms with Crippen molar-refractivity contribution in [3.8, 4) is 5.75 Å². The molecule has 0 saturated carbocycles. The lowest BCUT2D eigenvalue weighted by molar-refractivity contribution is -0.128. The van der Waals surface area contributed by atoms with Crippen LogP contribution in [0.5, 0.6) is 5.75 Å². The van der Waals surface area contributed by atoms with Gasteiger partial charge in [-0.1, -0.05) is 24.3 Å². The largest absolute Gasteiger partial charge is 0.496 e. The van der Waals surface area contributed by atoms with E-state index in [0.29, 0.717) is 6.42 Å². The molecule has 1 aromatic heterocycles. The molecule has 0 radical (unpaired) electrons. The highest BCUT2D eigenvalue weighted by Gasteiger charge is 2.23. The summed E-state index contributed by atoms with van der Waals surface area (Å²) < 4.78 is 6.07. The minimum atomic E-state index is -0.671. The Balaban J connectivity index is 1.76. The zero-order valence-corrected chi connectivity index (χ0v) is 18.2. The third-order valence-corrected chi connectivity index (χ3v) is 5.45. The van der Waals surface area contributed by atoms with Gasteiger partial charge in [0.2, 0.25) is 11.8 Å². The molecule has 0 saturated heterocycles. The first kappa shape index (κ1) is 20.9. The number of H-pyrrole nitrogens is 1. The van der Waals surface area contributed by atoms with E-state index in [-0.39, 0.29) is 17.9 Å². The molecule has 1 heterocycles. The van der Waals surface area contributed by atoms with Crippen molar-refractivity contribution in [1.82, 2.24) is 15.6 Å². The zero-order valence-electron chi connectivity index (χ0n) is 16.6. The molecule has 3 N–H and O–H groups in total. The monoisotopic (exact) mass is 457 g/mol. The number of hydrogen-bond acceptors (Lipinski definition) is 3. The molecule has 2 atom stereocenters. The van der Waals surface area contributed by atoms with Gasteiger partial charge in [0.05, 0.1) is 17.6 Å². The fraction of sp³-hybridized carbons (Fsp3) is 0.273. The van der Waals surface area contributed by atoms with Crippen LogP contribution in [0.4, 0.5) is 0 Å². The smallest absolute Gasteiger partial charge is 0.243 e. The number of para-hydroxylation sites is 1. The molecule has 0 fully saturated rings. The summed E-state index contributed by atoms with van der Waals surface area (Å²) >= 11 is 3.47. The first-order chi connectivity index (χ1) is 13.9. The summed E-state index contributed by atoms with van der Waals surface area (Å²) in [4.78, 5) is 27.9. The molecule has 2 unspecified atom stereocenters. The van der Waals surface area contributed by atoms with Crippen LogP contribution in [0.2, 0.25) is 0 Å². The molecule has 2 amide bonds. The van der Waals surface area contributed by atoms with Crippen LogP contribution in [0.25, 0.3) is 10.9 Å². The average molecular weight is 458 g/mol. The van der Waals surface area contributed by atoms with E-state index in [0.717, 1.165) is 32.3 Å². The quantitative estimate of drug-likeness (QED) is 0.503. The highest BCUT2D eigenvalue weighted by atomic mass is 79.9. The van der Waals surface area contributed by atoms with Gasteiger partial charge in [0.15, 0.2) is 0 Å². The third kappa shape index (κ3) is 4.98. The van der Waals surface area contributed by atoms with Crippen LogP contribution in [0, 0.1) is 0 Å². The van der Waals surface area contributed by atoms with Crippen molar-refractivity contribution in [2.45, 2.75) is 32.4 Å². The fourth-order valence-electron chi connectivity index (χ4n) is 3.32. The molecule has 0 spiro atoms. The van der Waals surface area contributed by atoms with Gasteiger partial charge in [0.25, 0.3) is 0 Å². The summed E-state index contributed by atoms with van der Waals surface area (Å²) in [6.45, 7) is 3.32. The highest BCUT2D eigenvalue weighted by Crippen LogP contribution is 2.28. The van der Waals surface area contributed by atoms with Gasteiger partial charge < -0.3 is 20.4 Å². The Hall–Kier alpha value is -2.80. The number of amides is 2. The average Bonchev–Trinajstić information content (AvgIpc) is 3.10. The maximum Gasteiger partial charge on any atom is 0.243 e. The molecular formula is C22H24BrN3O3. The van der Waals surface area contributed by atoms with Crippen molar-refractivity contribution >= 4 is 38.6 Å². The van der Waals surface area contributed by atoms with Crippen LogP contribution in [0.3, 0.4) is 0 Å². The lowest BCUT2D eigenvalue weighted by Gasteiger charge is -2.21. The van der Waals surface area contributed by atoms with Crippen molar-refractivity contribution in [3.63, 3.8) is 0 Å². The van der Waals surface area contributed by atoms with E-state index in [1.165, 1.54) is 6.92 Å². The summed E-state index contributed by atoms with van der Waals surface area (Å²) in [5.74, 6) is 0.248. The van der Waals surface area contributed by atoms with Crippen LogP contribution in [0.15, 0.2) is 53.1 Å². The number of hydrogen-bond donors (Lipinski definition) is 3. The molecular weight excluding hydrogens is 434 g/mol. The molecule has 7 heteroatoms. The van der Waals surface area contributed by atoms with E-state index >= 15 is 0 Å². The van der Waals surface area contributed by atoms with Gasteiger partial charge in [0, 0.05) is 30.4 Å². The van der Waals surface area contributed by atoms with E-state index in [4.69, 9.17) is 4.74 Å². The zero-order chi connectivity index (χ0) is 21.0. The standard InChI is InChI=1S/C22H24BrN3O3/c1-13(15-8-9-21(29-3)18(23)10-15)25-22(28)20(26-14(2)27)11-16-12-24-19-7-5-4-6-17(16)19/h4-10,12-13,20,24H,11H2,1-3H3,(H,25,28)(H,26,27). The number of benzene rings is 2. The van der Waals surface area contributed by atoms with Gasteiger partial charge in [-0.05, 0) is 52.2 Å². The third-order valence-electron chi connectivity index (χ3n) is 4.83. The molecule has 0 aliphatic carbocycles. The number of halogens is 1. The minimum Gasteiger partial charge on any atom is -0.496 e. The number of fused-ring (bicyclic) bond motifs is 1. The van der Waals surface area contributed by atoms with Crippen molar-refractivity contribution in [2.75, 3.05) is 7.11 Å².